The van der Waals surface area contributed by atoms with Crippen LogP contribution in [0, 0.1) is 0 Å². The number of rotatable bonds is 7. The predicted molar refractivity (Wildman–Crippen MR) is 116 cm³/mol. The van der Waals surface area contributed by atoms with E-state index in [9.17, 15) is 9.59 Å². The molecule has 2 N–H and O–H groups in total. The van der Waals surface area contributed by atoms with E-state index >= 15 is 0 Å². The topological polar surface area (TPSA) is 85.9 Å². The fourth-order valence-corrected chi connectivity index (χ4v) is 3.29. The van der Waals surface area contributed by atoms with Gasteiger partial charge >= 0.3 is 0 Å². The molecular formula is C23H26N2O5. The maximum Gasteiger partial charge on any atom is 0.248 e. The first-order valence-electron chi connectivity index (χ1n) is 9.80. The minimum Gasteiger partial charge on any atom is -0.495 e. The summed E-state index contributed by atoms with van der Waals surface area (Å²) >= 11 is 0. The van der Waals surface area contributed by atoms with Crippen LogP contribution in [0.25, 0.3) is 6.08 Å². The number of hydrogen-bond acceptors (Lipinski definition) is 5. The van der Waals surface area contributed by atoms with Crippen molar-refractivity contribution in [1.29, 1.82) is 0 Å². The highest BCUT2D eigenvalue weighted by Crippen LogP contribution is 2.36. The van der Waals surface area contributed by atoms with Crippen molar-refractivity contribution in [3.63, 3.8) is 0 Å². The normalized spacial score (nSPS) is 14.7. The molecule has 2 amide bonds. The average molecular weight is 410 g/mol. The third-order valence-electron chi connectivity index (χ3n) is 4.52. The zero-order chi connectivity index (χ0) is 21.7. The second kappa shape index (κ2) is 9.35. The minimum atomic E-state index is -0.342. The fourth-order valence-electron chi connectivity index (χ4n) is 3.29. The standard InChI is InChI=1S/C23H26N2O5/c1-5-29-21-12-17-10-14(2)30-22(17)11-16(21)6-9-23(27)25-19-13-18(24-15(3)26)7-8-20(19)28-4/h6-9,11-14H,5,10H2,1-4H3,(H,24,26)(H,25,27)/b9-6+. The van der Waals surface area contributed by atoms with Gasteiger partial charge in [0.2, 0.25) is 11.8 Å². The predicted octanol–water partition coefficient (Wildman–Crippen LogP) is 4.03. The molecule has 0 saturated carbocycles. The molecule has 0 fully saturated rings. The molecule has 1 unspecified atom stereocenters. The average Bonchev–Trinajstić information content (AvgIpc) is 3.05. The van der Waals surface area contributed by atoms with Gasteiger partial charge in [0.25, 0.3) is 0 Å². The molecule has 1 aliphatic rings. The molecule has 30 heavy (non-hydrogen) atoms. The van der Waals surface area contributed by atoms with Gasteiger partial charge in [0.05, 0.1) is 19.4 Å². The van der Waals surface area contributed by atoms with Gasteiger partial charge in [-0.1, -0.05) is 0 Å². The number of amides is 2. The number of carbonyl (C=O) groups excluding carboxylic acids is 2. The third-order valence-corrected chi connectivity index (χ3v) is 4.52. The Labute approximate surface area is 176 Å². The Morgan fingerprint density at radius 1 is 1.20 bits per heavy atom. The van der Waals surface area contributed by atoms with Gasteiger partial charge in [0.1, 0.15) is 23.4 Å². The fraction of sp³-hybridized carbons (Fsp3) is 0.304. The first-order chi connectivity index (χ1) is 14.4. The Bertz CT molecular complexity index is 984. The number of anilines is 2. The van der Waals surface area contributed by atoms with Gasteiger partial charge in [-0.25, -0.2) is 0 Å². The van der Waals surface area contributed by atoms with E-state index in [1.54, 1.807) is 24.3 Å². The molecule has 0 bridgehead atoms. The van der Waals surface area contributed by atoms with Crippen LogP contribution in [0.2, 0.25) is 0 Å². The van der Waals surface area contributed by atoms with Crippen LogP contribution in [-0.2, 0) is 16.0 Å². The van der Waals surface area contributed by atoms with E-state index in [-0.39, 0.29) is 17.9 Å². The highest BCUT2D eigenvalue weighted by molar-refractivity contribution is 6.03. The Balaban J connectivity index is 1.80. The number of methoxy groups -OCH3 is 1. The molecular weight excluding hydrogens is 384 g/mol. The molecule has 0 spiro atoms. The molecule has 0 saturated heterocycles. The molecule has 1 aliphatic heterocycles. The molecule has 0 aliphatic carbocycles. The van der Waals surface area contributed by atoms with Crippen LogP contribution < -0.4 is 24.8 Å². The first kappa shape index (κ1) is 21.2. The largest absolute Gasteiger partial charge is 0.495 e. The summed E-state index contributed by atoms with van der Waals surface area (Å²) < 4.78 is 16.8. The zero-order valence-corrected chi connectivity index (χ0v) is 17.6. The van der Waals surface area contributed by atoms with Crippen LogP contribution in [0.5, 0.6) is 17.2 Å². The van der Waals surface area contributed by atoms with Crippen LogP contribution in [0.1, 0.15) is 31.9 Å². The van der Waals surface area contributed by atoms with Gasteiger partial charge in [0, 0.05) is 36.2 Å². The van der Waals surface area contributed by atoms with E-state index < -0.39 is 0 Å². The molecule has 2 aromatic carbocycles. The monoisotopic (exact) mass is 410 g/mol. The summed E-state index contributed by atoms with van der Waals surface area (Å²) in [4.78, 5) is 23.8. The molecule has 0 radical (unpaired) electrons. The van der Waals surface area contributed by atoms with E-state index in [2.05, 4.69) is 10.6 Å². The number of benzene rings is 2. The molecule has 158 valence electrons. The summed E-state index contributed by atoms with van der Waals surface area (Å²) in [6, 6.07) is 8.89. The van der Waals surface area contributed by atoms with Crippen molar-refractivity contribution < 1.29 is 23.8 Å². The van der Waals surface area contributed by atoms with Gasteiger partial charge < -0.3 is 24.8 Å². The number of hydrogen-bond donors (Lipinski definition) is 2. The molecule has 7 heteroatoms. The summed E-state index contributed by atoms with van der Waals surface area (Å²) in [6.45, 7) is 5.88. The molecule has 0 aromatic heterocycles. The maximum atomic E-state index is 12.5. The molecule has 1 atom stereocenters. The Morgan fingerprint density at radius 2 is 2.00 bits per heavy atom. The quantitative estimate of drug-likeness (QED) is 0.673. The number of nitrogens with one attached hydrogen (secondary N) is 2. The zero-order valence-electron chi connectivity index (χ0n) is 17.6. The van der Waals surface area contributed by atoms with Crippen molar-refractivity contribution in [1.82, 2.24) is 0 Å². The number of ether oxygens (including phenoxy) is 3. The smallest absolute Gasteiger partial charge is 0.248 e. The van der Waals surface area contributed by atoms with E-state index in [0.717, 1.165) is 23.3 Å². The number of carbonyl (C=O) groups is 2. The molecule has 7 nitrogen and oxygen atoms in total. The second-order valence-corrected chi connectivity index (χ2v) is 6.98. The summed E-state index contributed by atoms with van der Waals surface area (Å²) in [5.41, 5.74) is 2.88. The van der Waals surface area contributed by atoms with Gasteiger partial charge in [0.15, 0.2) is 0 Å². The first-order valence-corrected chi connectivity index (χ1v) is 9.80. The molecule has 2 aromatic rings. The van der Waals surface area contributed by atoms with Gasteiger partial charge in [-0.2, -0.15) is 0 Å². The lowest BCUT2D eigenvalue weighted by molar-refractivity contribution is -0.114. The summed E-state index contributed by atoms with van der Waals surface area (Å²) in [6.07, 6.45) is 4.08. The van der Waals surface area contributed by atoms with Gasteiger partial charge in [-0.15, -0.1) is 0 Å². The van der Waals surface area contributed by atoms with Crippen molar-refractivity contribution in [3.05, 3.63) is 47.5 Å². The summed E-state index contributed by atoms with van der Waals surface area (Å²) in [7, 11) is 1.51. The van der Waals surface area contributed by atoms with Crippen LogP contribution in [0.4, 0.5) is 11.4 Å². The SMILES string of the molecule is CCOc1cc2c(cc1/C=C/C(=O)Nc1cc(NC(C)=O)ccc1OC)OC(C)C2. The van der Waals surface area contributed by atoms with Crippen LogP contribution in [-0.4, -0.2) is 31.6 Å². The van der Waals surface area contributed by atoms with Crippen molar-refractivity contribution in [2.75, 3.05) is 24.4 Å². The van der Waals surface area contributed by atoms with Crippen molar-refractivity contribution in [3.8, 4) is 17.2 Å². The lowest BCUT2D eigenvalue weighted by Gasteiger charge is -2.12. The Hall–Kier alpha value is -3.48. The third kappa shape index (κ3) is 5.11. The lowest BCUT2D eigenvalue weighted by Crippen LogP contribution is -2.11. The minimum absolute atomic E-state index is 0.125. The summed E-state index contributed by atoms with van der Waals surface area (Å²) in [5, 5.41) is 5.46. The molecule has 3 rings (SSSR count). The van der Waals surface area contributed by atoms with Crippen LogP contribution >= 0.6 is 0 Å². The van der Waals surface area contributed by atoms with E-state index in [1.165, 1.54) is 20.1 Å². The summed E-state index contributed by atoms with van der Waals surface area (Å²) in [5.74, 6) is 1.47. The number of fused-ring (bicyclic) bond motifs is 1. The van der Waals surface area contributed by atoms with Crippen LogP contribution in [0.15, 0.2) is 36.4 Å². The Kier molecular flexibility index (Phi) is 6.61. The van der Waals surface area contributed by atoms with E-state index in [4.69, 9.17) is 14.2 Å². The van der Waals surface area contributed by atoms with Crippen LogP contribution in [0.3, 0.4) is 0 Å². The highest BCUT2D eigenvalue weighted by Gasteiger charge is 2.21. The van der Waals surface area contributed by atoms with E-state index in [1.807, 2.05) is 26.0 Å². The van der Waals surface area contributed by atoms with Gasteiger partial charge in [-0.05, 0) is 50.3 Å². The maximum absolute atomic E-state index is 12.5. The van der Waals surface area contributed by atoms with Crippen molar-refractivity contribution in [2.24, 2.45) is 0 Å². The van der Waals surface area contributed by atoms with E-state index in [0.29, 0.717) is 29.5 Å². The molecule has 1 heterocycles. The lowest BCUT2D eigenvalue weighted by atomic mass is 10.1. The Morgan fingerprint density at radius 3 is 2.70 bits per heavy atom. The van der Waals surface area contributed by atoms with Crippen molar-refractivity contribution in [2.45, 2.75) is 33.3 Å². The van der Waals surface area contributed by atoms with Crippen molar-refractivity contribution >= 4 is 29.3 Å². The second-order valence-electron chi connectivity index (χ2n) is 6.98. The highest BCUT2D eigenvalue weighted by atomic mass is 16.5. The van der Waals surface area contributed by atoms with Gasteiger partial charge in [-0.3, -0.25) is 9.59 Å².